The first kappa shape index (κ1) is 10.4. The SMILES string of the molecule is CC(C#N)Nc1cc(F)c(F)cc1F. The summed E-state index contributed by atoms with van der Waals surface area (Å²) in [5, 5.41) is 10.8. The van der Waals surface area contributed by atoms with Crippen molar-refractivity contribution >= 4 is 5.69 Å². The summed E-state index contributed by atoms with van der Waals surface area (Å²) in [6.45, 7) is 1.47. The number of nitriles is 1. The molecular formula is C9H7F3N2. The second-order valence-electron chi connectivity index (χ2n) is 2.74. The lowest BCUT2D eigenvalue weighted by atomic mass is 10.2. The van der Waals surface area contributed by atoms with Gasteiger partial charge in [-0.05, 0) is 6.92 Å². The second-order valence-corrected chi connectivity index (χ2v) is 2.74. The molecule has 0 aliphatic heterocycles. The zero-order valence-corrected chi connectivity index (χ0v) is 7.31. The van der Waals surface area contributed by atoms with Crippen LogP contribution >= 0.6 is 0 Å². The molecule has 1 rings (SSSR count). The fourth-order valence-corrected chi connectivity index (χ4v) is 0.899. The van der Waals surface area contributed by atoms with Crippen molar-refractivity contribution in [2.75, 3.05) is 5.32 Å². The number of nitrogens with zero attached hydrogens (tertiary/aromatic N) is 1. The van der Waals surface area contributed by atoms with Crippen LogP contribution in [-0.2, 0) is 0 Å². The molecule has 1 atom stereocenters. The summed E-state index contributed by atoms with van der Waals surface area (Å²) in [6.07, 6.45) is 0. The number of hydrogen-bond donors (Lipinski definition) is 1. The predicted octanol–water partition coefficient (Wildman–Crippen LogP) is 2.43. The lowest BCUT2D eigenvalue weighted by molar-refractivity contribution is 0.496. The van der Waals surface area contributed by atoms with Crippen molar-refractivity contribution < 1.29 is 13.2 Å². The van der Waals surface area contributed by atoms with Gasteiger partial charge in [-0.15, -0.1) is 0 Å². The first-order valence-electron chi connectivity index (χ1n) is 3.85. The number of nitrogens with one attached hydrogen (secondary N) is 1. The minimum Gasteiger partial charge on any atom is -0.368 e. The van der Waals surface area contributed by atoms with Gasteiger partial charge in [0.25, 0.3) is 0 Å². The first-order chi connectivity index (χ1) is 6.54. The highest BCUT2D eigenvalue weighted by Crippen LogP contribution is 2.18. The predicted molar refractivity (Wildman–Crippen MR) is 45.0 cm³/mol. The topological polar surface area (TPSA) is 35.8 Å². The minimum absolute atomic E-state index is 0.224. The average molecular weight is 200 g/mol. The Bertz CT molecular complexity index is 384. The van der Waals surface area contributed by atoms with Gasteiger partial charge in [0.1, 0.15) is 11.9 Å². The Morgan fingerprint density at radius 2 is 1.79 bits per heavy atom. The van der Waals surface area contributed by atoms with Crippen LogP contribution in [0.1, 0.15) is 6.92 Å². The van der Waals surface area contributed by atoms with Crippen LogP contribution in [0.3, 0.4) is 0 Å². The van der Waals surface area contributed by atoms with E-state index >= 15 is 0 Å². The molecule has 0 heterocycles. The van der Waals surface area contributed by atoms with Gasteiger partial charge in [0, 0.05) is 12.1 Å². The standard InChI is InChI=1S/C9H7F3N2/c1-5(4-13)14-9-3-7(11)6(10)2-8(9)12/h2-3,5,14H,1H3. The van der Waals surface area contributed by atoms with Gasteiger partial charge in [-0.2, -0.15) is 5.26 Å². The zero-order chi connectivity index (χ0) is 10.7. The Labute approximate surface area is 79.0 Å². The van der Waals surface area contributed by atoms with Crippen LogP contribution in [0.4, 0.5) is 18.9 Å². The van der Waals surface area contributed by atoms with E-state index in [-0.39, 0.29) is 5.69 Å². The molecule has 0 spiro atoms. The molecule has 0 saturated carbocycles. The van der Waals surface area contributed by atoms with E-state index in [4.69, 9.17) is 5.26 Å². The average Bonchev–Trinajstić information content (AvgIpc) is 2.14. The van der Waals surface area contributed by atoms with Crippen LogP contribution in [0.5, 0.6) is 0 Å². The lowest BCUT2D eigenvalue weighted by Gasteiger charge is -2.08. The van der Waals surface area contributed by atoms with E-state index in [1.54, 1.807) is 6.07 Å². The van der Waals surface area contributed by atoms with E-state index in [0.29, 0.717) is 12.1 Å². The summed E-state index contributed by atoms with van der Waals surface area (Å²) < 4.78 is 38.1. The van der Waals surface area contributed by atoms with Crippen molar-refractivity contribution in [3.05, 3.63) is 29.6 Å². The molecule has 0 aliphatic rings. The van der Waals surface area contributed by atoms with Crippen LogP contribution in [0, 0.1) is 28.8 Å². The molecule has 5 heteroatoms. The lowest BCUT2D eigenvalue weighted by Crippen LogP contribution is -2.13. The first-order valence-corrected chi connectivity index (χ1v) is 3.85. The monoisotopic (exact) mass is 200 g/mol. The Balaban J connectivity index is 2.99. The van der Waals surface area contributed by atoms with Gasteiger partial charge in [0.05, 0.1) is 11.8 Å². The Morgan fingerprint density at radius 3 is 2.36 bits per heavy atom. The fourth-order valence-electron chi connectivity index (χ4n) is 0.899. The summed E-state index contributed by atoms with van der Waals surface area (Å²) in [4.78, 5) is 0. The molecule has 1 unspecified atom stereocenters. The van der Waals surface area contributed by atoms with Gasteiger partial charge in [-0.25, -0.2) is 13.2 Å². The van der Waals surface area contributed by atoms with Crippen molar-refractivity contribution in [3.8, 4) is 6.07 Å². The van der Waals surface area contributed by atoms with E-state index in [1.165, 1.54) is 6.92 Å². The highest BCUT2D eigenvalue weighted by Gasteiger charge is 2.10. The summed E-state index contributed by atoms with van der Waals surface area (Å²) >= 11 is 0. The highest BCUT2D eigenvalue weighted by atomic mass is 19.2. The maximum Gasteiger partial charge on any atom is 0.161 e. The largest absolute Gasteiger partial charge is 0.368 e. The molecule has 1 aromatic carbocycles. The normalized spacial score (nSPS) is 11.9. The van der Waals surface area contributed by atoms with Crippen LogP contribution in [0.25, 0.3) is 0 Å². The van der Waals surface area contributed by atoms with Gasteiger partial charge in [-0.1, -0.05) is 0 Å². The zero-order valence-electron chi connectivity index (χ0n) is 7.31. The number of anilines is 1. The molecule has 1 N–H and O–H groups in total. The quantitative estimate of drug-likeness (QED) is 0.744. The van der Waals surface area contributed by atoms with Gasteiger partial charge in [0.15, 0.2) is 11.6 Å². The van der Waals surface area contributed by atoms with Gasteiger partial charge in [-0.3, -0.25) is 0 Å². The molecule has 0 aliphatic carbocycles. The molecule has 74 valence electrons. The van der Waals surface area contributed by atoms with Crippen molar-refractivity contribution in [1.29, 1.82) is 5.26 Å². The third kappa shape index (κ3) is 2.16. The smallest absolute Gasteiger partial charge is 0.161 e. The van der Waals surface area contributed by atoms with Crippen molar-refractivity contribution in [1.82, 2.24) is 0 Å². The molecular weight excluding hydrogens is 193 g/mol. The van der Waals surface area contributed by atoms with Crippen molar-refractivity contribution in [2.45, 2.75) is 13.0 Å². The third-order valence-electron chi connectivity index (χ3n) is 1.58. The molecule has 0 saturated heterocycles. The molecule has 1 aromatic rings. The Hall–Kier alpha value is -1.70. The van der Waals surface area contributed by atoms with Gasteiger partial charge >= 0.3 is 0 Å². The van der Waals surface area contributed by atoms with Crippen molar-refractivity contribution in [2.24, 2.45) is 0 Å². The maximum absolute atomic E-state index is 12.9. The molecule has 0 bridgehead atoms. The van der Waals surface area contributed by atoms with Crippen LogP contribution in [0.15, 0.2) is 12.1 Å². The van der Waals surface area contributed by atoms with E-state index in [0.717, 1.165) is 0 Å². The van der Waals surface area contributed by atoms with Crippen LogP contribution in [-0.4, -0.2) is 6.04 Å². The molecule has 0 fully saturated rings. The summed E-state index contributed by atoms with van der Waals surface area (Å²) in [6, 6.07) is 2.22. The van der Waals surface area contributed by atoms with E-state index in [2.05, 4.69) is 5.32 Å². The fraction of sp³-hybridized carbons (Fsp3) is 0.222. The molecule has 2 nitrogen and oxygen atoms in total. The number of benzene rings is 1. The Morgan fingerprint density at radius 1 is 1.21 bits per heavy atom. The van der Waals surface area contributed by atoms with Gasteiger partial charge in [0.2, 0.25) is 0 Å². The van der Waals surface area contributed by atoms with E-state index < -0.39 is 23.5 Å². The minimum atomic E-state index is -1.25. The molecule has 0 amide bonds. The van der Waals surface area contributed by atoms with Gasteiger partial charge < -0.3 is 5.32 Å². The molecule has 0 aromatic heterocycles. The molecule has 0 radical (unpaired) electrons. The second kappa shape index (κ2) is 4.01. The maximum atomic E-state index is 12.9. The van der Waals surface area contributed by atoms with E-state index in [9.17, 15) is 13.2 Å². The third-order valence-corrected chi connectivity index (χ3v) is 1.58. The van der Waals surface area contributed by atoms with Crippen molar-refractivity contribution in [3.63, 3.8) is 0 Å². The number of hydrogen-bond acceptors (Lipinski definition) is 2. The summed E-state index contributed by atoms with van der Waals surface area (Å²) in [5.74, 6) is -3.33. The number of halogens is 3. The van der Waals surface area contributed by atoms with Crippen LogP contribution in [0.2, 0.25) is 0 Å². The highest BCUT2D eigenvalue weighted by molar-refractivity contribution is 5.46. The van der Waals surface area contributed by atoms with E-state index in [1.807, 2.05) is 0 Å². The summed E-state index contributed by atoms with van der Waals surface area (Å²) in [7, 11) is 0. The number of rotatable bonds is 2. The molecule has 14 heavy (non-hydrogen) atoms. The summed E-state index contributed by atoms with van der Waals surface area (Å²) in [5.41, 5.74) is -0.224. The van der Waals surface area contributed by atoms with Crippen LogP contribution < -0.4 is 5.32 Å². The Kier molecular flexibility index (Phi) is 2.97.